The van der Waals surface area contributed by atoms with Crippen LogP contribution >= 0.6 is 0 Å². The second-order valence-electron chi connectivity index (χ2n) is 1.89. The number of rotatable bonds is 1. The van der Waals surface area contributed by atoms with Crippen LogP contribution in [0.1, 0.15) is 5.56 Å². The van der Waals surface area contributed by atoms with Crippen LogP contribution in [0.4, 0.5) is 13.2 Å². The lowest BCUT2D eigenvalue weighted by atomic mass is 10.2. The SMILES string of the molecule is C=[C]c1c(F)ccc(F)c1F. The number of halogens is 3. The van der Waals surface area contributed by atoms with Crippen LogP contribution in [-0.4, -0.2) is 0 Å². The second-order valence-corrected chi connectivity index (χ2v) is 1.89. The van der Waals surface area contributed by atoms with Crippen molar-refractivity contribution in [3.63, 3.8) is 0 Å². The Balaban J connectivity index is 3.40. The molecule has 1 aromatic carbocycles. The summed E-state index contributed by atoms with van der Waals surface area (Å²) in [7, 11) is 0. The lowest BCUT2D eigenvalue weighted by Crippen LogP contribution is -1.93. The Kier molecular flexibility index (Phi) is 1.98. The van der Waals surface area contributed by atoms with Crippen molar-refractivity contribution in [1.29, 1.82) is 0 Å². The summed E-state index contributed by atoms with van der Waals surface area (Å²) in [5, 5.41) is 0. The maximum absolute atomic E-state index is 12.5. The van der Waals surface area contributed by atoms with E-state index in [1.165, 1.54) is 0 Å². The van der Waals surface area contributed by atoms with Gasteiger partial charge in [0.2, 0.25) is 0 Å². The number of benzene rings is 1. The third-order valence-electron chi connectivity index (χ3n) is 1.22. The fourth-order valence-electron chi connectivity index (χ4n) is 0.689. The Morgan fingerprint density at radius 3 is 2.09 bits per heavy atom. The van der Waals surface area contributed by atoms with E-state index in [4.69, 9.17) is 0 Å². The third kappa shape index (κ3) is 1.27. The summed E-state index contributed by atoms with van der Waals surface area (Å²) < 4.78 is 37.4. The van der Waals surface area contributed by atoms with Gasteiger partial charge in [0.05, 0.1) is 5.56 Å². The van der Waals surface area contributed by atoms with Crippen molar-refractivity contribution >= 4 is 0 Å². The van der Waals surface area contributed by atoms with Crippen molar-refractivity contribution < 1.29 is 13.2 Å². The summed E-state index contributed by atoms with van der Waals surface area (Å²) >= 11 is 0. The van der Waals surface area contributed by atoms with Crippen LogP contribution in [0, 0.1) is 23.5 Å². The lowest BCUT2D eigenvalue weighted by Gasteiger charge is -1.97. The van der Waals surface area contributed by atoms with E-state index >= 15 is 0 Å². The smallest absolute Gasteiger partial charge is 0.169 e. The van der Waals surface area contributed by atoms with Crippen molar-refractivity contribution in [2.45, 2.75) is 0 Å². The largest absolute Gasteiger partial charge is 0.206 e. The molecular weight excluding hydrogens is 153 g/mol. The minimum Gasteiger partial charge on any atom is -0.206 e. The first kappa shape index (κ1) is 7.85. The van der Waals surface area contributed by atoms with Crippen molar-refractivity contribution in [3.05, 3.63) is 47.8 Å². The van der Waals surface area contributed by atoms with Crippen LogP contribution in [0.5, 0.6) is 0 Å². The van der Waals surface area contributed by atoms with Gasteiger partial charge < -0.3 is 0 Å². The first-order valence-electron chi connectivity index (χ1n) is 2.83. The minimum atomic E-state index is -1.25. The summed E-state index contributed by atoms with van der Waals surface area (Å²) in [4.78, 5) is 0. The average molecular weight is 157 g/mol. The van der Waals surface area contributed by atoms with Crippen LogP contribution in [0.15, 0.2) is 18.7 Å². The predicted molar refractivity (Wildman–Crippen MR) is 34.3 cm³/mol. The third-order valence-corrected chi connectivity index (χ3v) is 1.22. The molecule has 0 fully saturated rings. The fourth-order valence-corrected chi connectivity index (χ4v) is 0.689. The van der Waals surface area contributed by atoms with Gasteiger partial charge in [-0.2, -0.15) is 0 Å². The summed E-state index contributed by atoms with van der Waals surface area (Å²) in [6.07, 6.45) is 1.96. The zero-order valence-electron chi connectivity index (χ0n) is 5.50. The van der Waals surface area contributed by atoms with Gasteiger partial charge in [0.15, 0.2) is 11.6 Å². The van der Waals surface area contributed by atoms with Crippen molar-refractivity contribution in [1.82, 2.24) is 0 Å². The highest BCUT2D eigenvalue weighted by molar-refractivity contribution is 5.25. The molecule has 0 aliphatic heterocycles. The van der Waals surface area contributed by atoms with E-state index in [0.717, 1.165) is 6.07 Å². The van der Waals surface area contributed by atoms with E-state index in [1.807, 2.05) is 6.08 Å². The van der Waals surface area contributed by atoms with Gasteiger partial charge in [0.1, 0.15) is 5.82 Å². The molecule has 0 aliphatic carbocycles. The summed E-state index contributed by atoms with van der Waals surface area (Å²) in [6.45, 7) is 3.02. The topological polar surface area (TPSA) is 0 Å². The molecule has 3 heteroatoms. The Morgan fingerprint density at radius 2 is 1.64 bits per heavy atom. The predicted octanol–water partition coefficient (Wildman–Crippen LogP) is 2.44. The molecule has 0 unspecified atom stereocenters. The fraction of sp³-hybridized carbons (Fsp3) is 0. The van der Waals surface area contributed by atoms with E-state index in [1.54, 1.807) is 0 Å². The van der Waals surface area contributed by atoms with Gasteiger partial charge in [0, 0.05) is 0 Å². The highest BCUT2D eigenvalue weighted by Gasteiger charge is 2.09. The minimum absolute atomic E-state index is 0.551. The maximum Gasteiger partial charge on any atom is 0.169 e. The van der Waals surface area contributed by atoms with E-state index in [9.17, 15) is 13.2 Å². The van der Waals surface area contributed by atoms with E-state index in [2.05, 4.69) is 6.58 Å². The molecule has 0 aromatic heterocycles. The molecule has 0 atom stereocenters. The van der Waals surface area contributed by atoms with Crippen LogP contribution in [-0.2, 0) is 0 Å². The Morgan fingerprint density at radius 1 is 1.09 bits per heavy atom. The number of hydrogen-bond acceptors (Lipinski definition) is 0. The summed E-state index contributed by atoms with van der Waals surface area (Å²) in [5.74, 6) is -3.21. The molecule has 0 bridgehead atoms. The van der Waals surface area contributed by atoms with Crippen LogP contribution in [0.25, 0.3) is 0 Å². The van der Waals surface area contributed by atoms with Gasteiger partial charge in [0.25, 0.3) is 0 Å². The zero-order chi connectivity index (χ0) is 8.43. The van der Waals surface area contributed by atoms with Crippen molar-refractivity contribution in [2.24, 2.45) is 0 Å². The molecule has 0 saturated carbocycles. The first-order chi connectivity index (χ1) is 5.16. The molecule has 0 N–H and O–H groups in total. The molecule has 11 heavy (non-hydrogen) atoms. The number of hydrogen-bond donors (Lipinski definition) is 0. The lowest BCUT2D eigenvalue weighted by molar-refractivity contribution is 0.489. The molecular formula is C8H4F3. The second kappa shape index (κ2) is 2.78. The summed E-state index contributed by atoms with van der Waals surface area (Å²) in [6, 6.07) is 1.54. The van der Waals surface area contributed by atoms with Gasteiger partial charge in [-0.15, -0.1) is 0 Å². The van der Waals surface area contributed by atoms with E-state index in [-0.39, 0.29) is 0 Å². The van der Waals surface area contributed by atoms with Crippen molar-refractivity contribution in [3.8, 4) is 0 Å². The average Bonchev–Trinajstić information content (AvgIpc) is 1.99. The monoisotopic (exact) mass is 157 g/mol. The van der Waals surface area contributed by atoms with Gasteiger partial charge in [-0.3, -0.25) is 0 Å². The first-order valence-corrected chi connectivity index (χ1v) is 2.83. The molecule has 1 aromatic rings. The normalized spacial score (nSPS) is 9.73. The Bertz CT molecular complexity index is 292. The molecule has 0 nitrogen and oxygen atoms in total. The zero-order valence-corrected chi connectivity index (χ0v) is 5.50. The van der Waals surface area contributed by atoms with Gasteiger partial charge in [-0.05, 0) is 18.2 Å². The standard InChI is InChI=1S/C8H4F3/c1-2-5-6(9)3-4-7(10)8(5)11/h3-4H,1H2. The Labute approximate surface area is 62.0 Å². The highest BCUT2D eigenvalue weighted by Crippen LogP contribution is 2.14. The van der Waals surface area contributed by atoms with Gasteiger partial charge >= 0.3 is 0 Å². The molecule has 57 valence electrons. The quantitative estimate of drug-likeness (QED) is 0.549. The van der Waals surface area contributed by atoms with E-state index < -0.39 is 23.0 Å². The molecule has 1 radical (unpaired) electrons. The van der Waals surface area contributed by atoms with Crippen LogP contribution in [0.3, 0.4) is 0 Å². The maximum atomic E-state index is 12.5. The van der Waals surface area contributed by atoms with Crippen LogP contribution in [0.2, 0.25) is 0 Å². The molecule has 0 heterocycles. The van der Waals surface area contributed by atoms with Crippen LogP contribution < -0.4 is 0 Å². The van der Waals surface area contributed by atoms with Gasteiger partial charge in [-0.1, -0.05) is 6.58 Å². The summed E-state index contributed by atoms with van der Waals surface area (Å²) in [5.41, 5.74) is -0.551. The molecule has 0 spiro atoms. The molecule has 0 saturated heterocycles. The Hall–Kier alpha value is -1.25. The molecule has 0 amide bonds. The van der Waals surface area contributed by atoms with E-state index in [0.29, 0.717) is 6.07 Å². The van der Waals surface area contributed by atoms with Gasteiger partial charge in [-0.25, -0.2) is 13.2 Å². The van der Waals surface area contributed by atoms with Crippen molar-refractivity contribution in [2.75, 3.05) is 0 Å². The molecule has 0 aliphatic rings. The highest BCUT2D eigenvalue weighted by atomic mass is 19.2. The molecule has 1 rings (SSSR count).